The number of carbonyl (C=O) groups is 4. The van der Waals surface area contributed by atoms with E-state index in [1.165, 1.54) is 4.90 Å². The molecule has 0 unspecified atom stereocenters. The van der Waals surface area contributed by atoms with E-state index < -0.39 is 30.4 Å². The number of nitrogens with zero attached hydrogens (tertiary/aromatic N) is 1. The molecule has 0 radical (unpaired) electrons. The Morgan fingerprint density at radius 3 is 1.44 bits per heavy atom. The van der Waals surface area contributed by atoms with Gasteiger partial charge in [0.1, 0.15) is 13.2 Å². The molecule has 8 nitrogen and oxygen atoms in total. The second-order valence-corrected chi connectivity index (χ2v) is 3.94. The predicted molar refractivity (Wildman–Crippen MR) is 93.5 cm³/mol. The van der Waals surface area contributed by atoms with Gasteiger partial charge in [-0.05, 0) is 0 Å². The minimum absolute atomic E-state index is 0. The van der Waals surface area contributed by atoms with Crippen LogP contribution in [0.15, 0.2) is 38.0 Å². The Kier molecular flexibility index (Phi) is 17.2. The van der Waals surface area contributed by atoms with Crippen LogP contribution in [-0.2, 0) is 33.4 Å². The fraction of sp³-hybridized carbons (Fsp3) is 0.412. The van der Waals surface area contributed by atoms with Gasteiger partial charge >= 0.3 is 17.9 Å². The first-order valence-electron chi connectivity index (χ1n) is 6.60. The number of hydrogen-bond donors (Lipinski definition) is 0. The first kappa shape index (κ1) is 27.0. The number of hydrogen-bond acceptors (Lipinski definition) is 7. The van der Waals surface area contributed by atoms with Crippen molar-refractivity contribution in [2.24, 2.45) is 0 Å². The third-order valence-electron chi connectivity index (χ3n) is 2.40. The molecule has 0 atom stereocenters. The summed E-state index contributed by atoms with van der Waals surface area (Å²) in [5.74, 6) is -2.54. The van der Waals surface area contributed by atoms with Gasteiger partial charge in [-0.1, -0.05) is 34.6 Å². The van der Waals surface area contributed by atoms with Gasteiger partial charge in [0.15, 0.2) is 6.61 Å². The van der Waals surface area contributed by atoms with Gasteiger partial charge in [-0.25, -0.2) is 14.4 Å². The summed E-state index contributed by atoms with van der Waals surface area (Å²) in [6.07, 6.45) is 2.91. The fourth-order valence-corrected chi connectivity index (χ4v) is 1.27. The number of amides is 1. The van der Waals surface area contributed by atoms with Crippen molar-refractivity contribution in [1.82, 2.24) is 4.90 Å². The lowest BCUT2D eigenvalue weighted by molar-refractivity contribution is -0.150. The summed E-state index contributed by atoms with van der Waals surface area (Å²) in [5, 5.41) is 0. The molecule has 0 saturated heterocycles. The van der Waals surface area contributed by atoms with Crippen LogP contribution in [0, 0.1) is 0 Å². The molecule has 1 amide bonds. The molecule has 0 aliphatic rings. The molecule has 0 bridgehead atoms. The molecule has 0 heterocycles. The van der Waals surface area contributed by atoms with E-state index in [0.29, 0.717) is 0 Å². The van der Waals surface area contributed by atoms with E-state index in [-0.39, 0.29) is 41.2 Å². The quantitative estimate of drug-likeness (QED) is 0.312. The van der Waals surface area contributed by atoms with Gasteiger partial charge in [-0.2, -0.15) is 0 Å². The summed E-state index contributed by atoms with van der Waals surface area (Å²) in [6.45, 7) is 9.10. The molecule has 0 rings (SSSR count). The lowest BCUT2D eigenvalue weighted by atomic mass is 10.4. The van der Waals surface area contributed by atoms with Crippen LogP contribution in [0.25, 0.3) is 0 Å². The smallest absolute Gasteiger partial charge is 0.330 e. The van der Waals surface area contributed by atoms with Crippen molar-refractivity contribution in [2.45, 2.75) is 14.9 Å². The van der Waals surface area contributed by atoms with Gasteiger partial charge in [0.05, 0.1) is 13.1 Å². The van der Waals surface area contributed by atoms with E-state index in [9.17, 15) is 19.2 Å². The zero-order valence-electron chi connectivity index (χ0n) is 12.7. The molecule has 0 fully saturated rings. The fourth-order valence-electron chi connectivity index (χ4n) is 1.27. The van der Waals surface area contributed by atoms with Crippen molar-refractivity contribution in [1.29, 1.82) is 0 Å². The first-order valence-corrected chi connectivity index (χ1v) is 6.60. The van der Waals surface area contributed by atoms with Crippen molar-refractivity contribution >= 4 is 23.8 Å². The van der Waals surface area contributed by atoms with Crippen LogP contribution in [0.5, 0.6) is 0 Å². The minimum Gasteiger partial charge on any atom is -0.461 e. The van der Waals surface area contributed by atoms with E-state index in [2.05, 4.69) is 24.5 Å². The Hall–Kier alpha value is -2.90. The molecule has 0 aliphatic carbocycles. The van der Waals surface area contributed by atoms with Gasteiger partial charge in [-0.3, -0.25) is 4.79 Å². The van der Waals surface area contributed by atoms with Gasteiger partial charge in [0.2, 0.25) is 0 Å². The molecule has 0 aromatic carbocycles. The lowest BCUT2D eigenvalue weighted by Crippen LogP contribution is -2.39. The summed E-state index contributed by atoms with van der Waals surface area (Å²) < 4.78 is 14.2. The highest BCUT2D eigenvalue weighted by molar-refractivity contribution is 5.85. The molecule has 8 heteroatoms. The molecule has 0 N–H and O–H groups in total. The topological polar surface area (TPSA) is 99.2 Å². The average molecular weight is 357 g/mol. The predicted octanol–water partition coefficient (Wildman–Crippen LogP) is 1.27. The van der Waals surface area contributed by atoms with Crippen molar-refractivity contribution in [3.63, 3.8) is 0 Å². The minimum atomic E-state index is -0.741. The molecule has 0 spiro atoms. The molecule has 25 heavy (non-hydrogen) atoms. The van der Waals surface area contributed by atoms with E-state index in [1.807, 2.05) is 0 Å². The van der Waals surface area contributed by atoms with Crippen LogP contribution in [0.1, 0.15) is 14.9 Å². The largest absolute Gasteiger partial charge is 0.461 e. The van der Waals surface area contributed by atoms with Gasteiger partial charge < -0.3 is 19.1 Å². The van der Waals surface area contributed by atoms with Crippen molar-refractivity contribution in [2.75, 3.05) is 32.9 Å². The first-order chi connectivity index (χ1) is 10.9. The maximum absolute atomic E-state index is 11.9. The van der Waals surface area contributed by atoms with Gasteiger partial charge in [0, 0.05) is 18.2 Å². The molecule has 142 valence electrons. The van der Waals surface area contributed by atoms with E-state index in [4.69, 9.17) is 9.47 Å². The molecular weight excluding hydrogens is 330 g/mol. The highest BCUT2D eigenvalue weighted by Gasteiger charge is 2.16. The van der Waals surface area contributed by atoms with Crippen LogP contribution in [0.4, 0.5) is 0 Å². The third kappa shape index (κ3) is 13.3. The van der Waals surface area contributed by atoms with Crippen LogP contribution < -0.4 is 0 Å². The van der Waals surface area contributed by atoms with Crippen LogP contribution in [-0.4, -0.2) is 61.6 Å². The van der Waals surface area contributed by atoms with Crippen LogP contribution in [0.2, 0.25) is 0 Å². The molecule has 0 aromatic rings. The monoisotopic (exact) mass is 357 g/mol. The number of ether oxygens (including phenoxy) is 3. The second-order valence-electron chi connectivity index (χ2n) is 3.94. The lowest BCUT2D eigenvalue weighted by Gasteiger charge is -2.22. The highest BCUT2D eigenvalue weighted by Crippen LogP contribution is 1.95. The highest BCUT2D eigenvalue weighted by atomic mass is 16.5. The second kappa shape index (κ2) is 16.0. The normalized spacial score (nSPS) is 8.48. The van der Waals surface area contributed by atoms with Gasteiger partial charge in [-0.15, -0.1) is 0 Å². The molecule has 0 saturated carbocycles. The summed E-state index contributed by atoms with van der Waals surface area (Å²) in [6, 6.07) is 0. The SMILES string of the molecule is C.C.C=CC(=O)OCCN(CCOC(=O)C=C)C(=O)COC(=O)C=C. The maximum atomic E-state index is 11.9. The molecule has 0 aliphatic heterocycles. The summed E-state index contributed by atoms with van der Waals surface area (Å²) >= 11 is 0. The Morgan fingerprint density at radius 1 is 0.720 bits per heavy atom. The number of esters is 3. The molecular formula is C17H27NO7. The Balaban J connectivity index is -0.00000242. The van der Waals surface area contributed by atoms with Crippen molar-refractivity contribution < 1.29 is 33.4 Å². The van der Waals surface area contributed by atoms with Gasteiger partial charge in [0.25, 0.3) is 5.91 Å². The average Bonchev–Trinajstić information content (AvgIpc) is 2.57. The standard InChI is InChI=1S/C15H19NO7.2CH4/c1-4-13(18)21-9-7-16(8-10-22-14(19)5-2)12(17)11-23-15(20)6-3;;/h4-6H,1-3,7-11H2;2*1H4. The Labute approximate surface area is 148 Å². The zero-order chi connectivity index (χ0) is 17.7. The number of rotatable bonds is 11. The van der Waals surface area contributed by atoms with E-state index in [1.54, 1.807) is 0 Å². The Morgan fingerprint density at radius 2 is 1.08 bits per heavy atom. The Bertz CT molecular complexity index is 459. The van der Waals surface area contributed by atoms with Crippen LogP contribution >= 0.6 is 0 Å². The summed E-state index contributed by atoms with van der Waals surface area (Å²) in [7, 11) is 0. The summed E-state index contributed by atoms with van der Waals surface area (Å²) in [5.41, 5.74) is 0. The maximum Gasteiger partial charge on any atom is 0.330 e. The van der Waals surface area contributed by atoms with E-state index in [0.717, 1.165) is 18.2 Å². The summed E-state index contributed by atoms with van der Waals surface area (Å²) in [4.78, 5) is 46.0. The molecule has 0 aromatic heterocycles. The third-order valence-corrected chi connectivity index (χ3v) is 2.40. The number of carbonyl (C=O) groups excluding carboxylic acids is 4. The van der Waals surface area contributed by atoms with Crippen molar-refractivity contribution in [3.05, 3.63) is 38.0 Å². The van der Waals surface area contributed by atoms with Crippen LogP contribution in [0.3, 0.4) is 0 Å². The van der Waals surface area contributed by atoms with E-state index >= 15 is 0 Å². The zero-order valence-corrected chi connectivity index (χ0v) is 12.7. The van der Waals surface area contributed by atoms with Crippen molar-refractivity contribution in [3.8, 4) is 0 Å².